The van der Waals surface area contributed by atoms with Crippen molar-refractivity contribution in [2.75, 3.05) is 0 Å². The van der Waals surface area contributed by atoms with Crippen molar-refractivity contribution in [2.45, 2.75) is 32.6 Å². The fourth-order valence-corrected chi connectivity index (χ4v) is 1.20. The van der Waals surface area contributed by atoms with Gasteiger partial charge in [-0.15, -0.1) is 0 Å². The number of hydrogen-bond acceptors (Lipinski definition) is 1. The van der Waals surface area contributed by atoms with Crippen molar-refractivity contribution in [1.82, 2.24) is 0 Å². The Balaban J connectivity index is 2.58. The van der Waals surface area contributed by atoms with Gasteiger partial charge in [-0.05, 0) is 32.6 Å². The summed E-state index contributed by atoms with van der Waals surface area (Å²) >= 11 is 0. The van der Waals surface area contributed by atoms with Crippen LogP contribution in [0.25, 0.3) is 0 Å². The first-order valence-electron chi connectivity index (χ1n) is 3.25. The molecule has 2 N–H and O–H groups in total. The van der Waals surface area contributed by atoms with E-state index >= 15 is 0 Å². The van der Waals surface area contributed by atoms with Crippen LogP contribution in [0.15, 0.2) is 11.3 Å². The zero-order valence-electron chi connectivity index (χ0n) is 5.41. The van der Waals surface area contributed by atoms with E-state index in [-0.39, 0.29) is 0 Å². The SMILES string of the molecule is CC(N)=C1CCCC1. The molecule has 0 aliphatic heterocycles. The smallest absolute Gasteiger partial charge is 0.00407 e. The minimum absolute atomic E-state index is 1.06. The zero-order chi connectivity index (χ0) is 5.98. The number of hydrogen-bond donors (Lipinski definition) is 1. The fourth-order valence-electron chi connectivity index (χ4n) is 1.20. The van der Waals surface area contributed by atoms with Crippen molar-refractivity contribution in [1.29, 1.82) is 0 Å². The Morgan fingerprint density at radius 1 is 1.38 bits per heavy atom. The Bertz CT molecular complexity index is 102. The van der Waals surface area contributed by atoms with Crippen LogP contribution in [0.4, 0.5) is 0 Å². The highest BCUT2D eigenvalue weighted by atomic mass is 14.6. The van der Waals surface area contributed by atoms with Gasteiger partial charge in [0.2, 0.25) is 0 Å². The highest BCUT2D eigenvalue weighted by Crippen LogP contribution is 2.24. The molecule has 1 rings (SSSR count). The molecule has 0 aromatic rings. The molecule has 46 valence electrons. The van der Waals surface area contributed by atoms with Gasteiger partial charge >= 0.3 is 0 Å². The Kier molecular flexibility index (Phi) is 1.56. The van der Waals surface area contributed by atoms with Crippen LogP contribution in [0.3, 0.4) is 0 Å². The lowest BCUT2D eigenvalue weighted by Gasteiger charge is -1.95. The van der Waals surface area contributed by atoms with Crippen molar-refractivity contribution in [3.63, 3.8) is 0 Å². The normalized spacial score (nSPS) is 19.4. The van der Waals surface area contributed by atoms with Crippen LogP contribution < -0.4 is 5.73 Å². The van der Waals surface area contributed by atoms with Gasteiger partial charge in [0.1, 0.15) is 0 Å². The van der Waals surface area contributed by atoms with E-state index in [1.807, 2.05) is 6.92 Å². The van der Waals surface area contributed by atoms with Gasteiger partial charge in [0, 0.05) is 5.70 Å². The van der Waals surface area contributed by atoms with Crippen molar-refractivity contribution < 1.29 is 0 Å². The summed E-state index contributed by atoms with van der Waals surface area (Å²) in [5.74, 6) is 0. The van der Waals surface area contributed by atoms with E-state index < -0.39 is 0 Å². The molecule has 0 spiro atoms. The summed E-state index contributed by atoms with van der Waals surface area (Å²) in [6.07, 6.45) is 5.21. The largest absolute Gasteiger partial charge is 0.402 e. The third-order valence-electron chi connectivity index (χ3n) is 1.76. The molecule has 0 aromatic carbocycles. The van der Waals surface area contributed by atoms with Crippen molar-refractivity contribution >= 4 is 0 Å². The Hall–Kier alpha value is -0.460. The first-order valence-corrected chi connectivity index (χ1v) is 3.25. The fraction of sp³-hybridized carbons (Fsp3) is 0.714. The highest BCUT2D eigenvalue weighted by Gasteiger charge is 2.06. The summed E-state index contributed by atoms with van der Waals surface area (Å²) in [5.41, 5.74) is 8.13. The molecule has 1 aliphatic carbocycles. The van der Waals surface area contributed by atoms with Crippen LogP contribution in [0.1, 0.15) is 32.6 Å². The molecule has 1 nitrogen and oxygen atoms in total. The molecule has 1 aliphatic rings. The van der Waals surface area contributed by atoms with Gasteiger partial charge in [-0.1, -0.05) is 5.57 Å². The Morgan fingerprint density at radius 2 is 1.88 bits per heavy atom. The van der Waals surface area contributed by atoms with Crippen LogP contribution in [0.2, 0.25) is 0 Å². The van der Waals surface area contributed by atoms with E-state index in [9.17, 15) is 0 Å². The predicted octanol–water partition coefficient (Wildman–Crippen LogP) is 1.79. The average molecular weight is 111 g/mol. The first-order chi connectivity index (χ1) is 3.80. The Labute approximate surface area is 50.6 Å². The molecule has 0 heterocycles. The lowest BCUT2D eigenvalue weighted by Crippen LogP contribution is -1.94. The quantitative estimate of drug-likeness (QED) is 0.506. The van der Waals surface area contributed by atoms with Gasteiger partial charge in [0.05, 0.1) is 0 Å². The van der Waals surface area contributed by atoms with Gasteiger partial charge < -0.3 is 5.73 Å². The lowest BCUT2D eigenvalue weighted by atomic mass is 10.2. The van der Waals surface area contributed by atoms with Gasteiger partial charge in [-0.25, -0.2) is 0 Å². The molecule has 0 amide bonds. The summed E-state index contributed by atoms with van der Waals surface area (Å²) in [6, 6.07) is 0. The minimum Gasteiger partial charge on any atom is -0.402 e. The second kappa shape index (κ2) is 2.21. The van der Waals surface area contributed by atoms with Gasteiger partial charge in [0.25, 0.3) is 0 Å². The number of allylic oxidation sites excluding steroid dienone is 2. The zero-order valence-corrected chi connectivity index (χ0v) is 5.41. The maximum absolute atomic E-state index is 5.58. The van der Waals surface area contributed by atoms with Gasteiger partial charge in [-0.2, -0.15) is 0 Å². The summed E-state index contributed by atoms with van der Waals surface area (Å²) < 4.78 is 0. The van der Waals surface area contributed by atoms with Crippen LogP contribution in [-0.2, 0) is 0 Å². The highest BCUT2D eigenvalue weighted by molar-refractivity contribution is 5.11. The molecule has 1 fully saturated rings. The van der Waals surface area contributed by atoms with E-state index in [1.165, 1.54) is 31.3 Å². The molecule has 0 aromatic heterocycles. The van der Waals surface area contributed by atoms with E-state index in [1.54, 1.807) is 0 Å². The minimum atomic E-state index is 1.06. The molecule has 0 saturated heterocycles. The first kappa shape index (κ1) is 5.67. The van der Waals surface area contributed by atoms with Crippen LogP contribution in [0.5, 0.6) is 0 Å². The lowest BCUT2D eigenvalue weighted by molar-refractivity contribution is 0.886. The van der Waals surface area contributed by atoms with Crippen LogP contribution >= 0.6 is 0 Å². The molecule has 1 saturated carbocycles. The maximum atomic E-state index is 5.58. The summed E-state index contributed by atoms with van der Waals surface area (Å²) in [6.45, 7) is 2.00. The van der Waals surface area contributed by atoms with Gasteiger partial charge in [0.15, 0.2) is 0 Å². The second-order valence-corrected chi connectivity index (χ2v) is 2.49. The second-order valence-electron chi connectivity index (χ2n) is 2.49. The molecule has 0 atom stereocenters. The molecular formula is C7H13N. The molecule has 0 bridgehead atoms. The average Bonchev–Trinajstić information content (AvgIpc) is 2.12. The predicted molar refractivity (Wildman–Crippen MR) is 35.4 cm³/mol. The monoisotopic (exact) mass is 111 g/mol. The third-order valence-corrected chi connectivity index (χ3v) is 1.76. The summed E-state index contributed by atoms with van der Waals surface area (Å²) in [7, 11) is 0. The van der Waals surface area contributed by atoms with Crippen molar-refractivity contribution in [3.05, 3.63) is 11.3 Å². The maximum Gasteiger partial charge on any atom is 0.00407 e. The van der Waals surface area contributed by atoms with E-state index in [0.717, 1.165) is 5.70 Å². The third kappa shape index (κ3) is 1.03. The number of nitrogens with two attached hydrogens (primary N) is 1. The van der Waals surface area contributed by atoms with Gasteiger partial charge in [-0.3, -0.25) is 0 Å². The topological polar surface area (TPSA) is 26.0 Å². The van der Waals surface area contributed by atoms with Crippen LogP contribution in [-0.4, -0.2) is 0 Å². The van der Waals surface area contributed by atoms with Crippen LogP contribution in [0, 0.1) is 0 Å². The molecule has 8 heavy (non-hydrogen) atoms. The van der Waals surface area contributed by atoms with Crippen molar-refractivity contribution in [2.24, 2.45) is 5.73 Å². The van der Waals surface area contributed by atoms with Crippen molar-refractivity contribution in [3.8, 4) is 0 Å². The summed E-state index contributed by atoms with van der Waals surface area (Å²) in [5, 5.41) is 0. The molecule has 0 unspecified atom stereocenters. The van der Waals surface area contributed by atoms with E-state index in [2.05, 4.69) is 0 Å². The molecule has 0 radical (unpaired) electrons. The van der Waals surface area contributed by atoms with E-state index in [4.69, 9.17) is 5.73 Å². The molecular weight excluding hydrogens is 98.1 g/mol. The molecule has 1 heteroatoms. The number of rotatable bonds is 0. The summed E-state index contributed by atoms with van der Waals surface area (Å²) in [4.78, 5) is 0. The standard InChI is InChI=1S/C7H13N/c1-6(8)7-4-2-3-5-7/h2-5,8H2,1H3. The van der Waals surface area contributed by atoms with E-state index in [0.29, 0.717) is 0 Å². The Morgan fingerprint density at radius 3 is 2.12 bits per heavy atom.